The highest BCUT2D eigenvalue weighted by molar-refractivity contribution is 5.90. The van der Waals surface area contributed by atoms with Crippen molar-refractivity contribution in [3.8, 4) is 0 Å². The molecule has 1 aromatic carbocycles. The molecule has 2 amide bonds. The van der Waals surface area contributed by atoms with Crippen LogP contribution in [0.4, 0.5) is 0 Å². The monoisotopic (exact) mass is 290 g/mol. The van der Waals surface area contributed by atoms with Crippen LogP contribution in [0, 0.1) is 6.92 Å². The fraction of sp³-hybridized carbons (Fsp3) is 0.500. The molecule has 1 saturated heterocycles. The average molecular weight is 290 g/mol. The van der Waals surface area contributed by atoms with Gasteiger partial charge in [-0.3, -0.25) is 14.8 Å². The average Bonchev–Trinajstić information content (AvgIpc) is 2.76. The first kappa shape index (κ1) is 15.5. The summed E-state index contributed by atoms with van der Waals surface area (Å²) in [5, 5.41) is 8.60. The number of carbonyl (C=O) groups excluding carboxylic acids is 2. The van der Waals surface area contributed by atoms with Gasteiger partial charge in [-0.15, -0.1) is 0 Å². The van der Waals surface area contributed by atoms with Crippen molar-refractivity contribution >= 4 is 11.8 Å². The van der Waals surface area contributed by atoms with Crippen molar-refractivity contribution in [3.63, 3.8) is 0 Å². The lowest BCUT2D eigenvalue weighted by Gasteiger charge is -2.27. The highest BCUT2D eigenvalue weighted by atomic mass is 16.5. The second kappa shape index (κ2) is 5.85. The van der Waals surface area contributed by atoms with Gasteiger partial charge in [0.25, 0.3) is 0 Å². The predicted octanol–water partition coefficient (Wildman–Crippen LogP) is 1.77. The van der Waals surface area contributed by atoms with E-state index in [0.29, 0.717) is 6.54 Å². The SMILES string of the molecule is Cc1ccc(C2(C)CCN([C@H](C)CC(=O)NO)C2=O)cc1. The first-order chi connectivity index (χ1) is 9.88. The summed E-state index contributed by atoms with van der Waals surface area (Å²) < 4.78 is 0. The molecule has 5 nitrogen and oxygen atoms in total. The maximum absolute atomic E-state index is 12.8. The third-order valence-electron chi connectivity index (χ3n) is 4.41. The van der Waals surface area contributed by atoms with E-state index < -0.39 is 11.3 Å². The standard InChI is InChI=1S/C16H22N2O3/c1-11-4-6-13(7-5-11)16(3)8-9-18(15(16)20)12(2)10-14(19)17-21/h4-7,12,21H,8-10H2,1-3H3,(H,17,19)/t12-,16?/m1/s1. The summed E-state index contributed by atoms with van der Waals surface area (Å²) in [6, 6.07) is 7.80. The maximum Gasteiger partial charge on any atom is 0.245 e. The molecule has 5 heteroatoms. The van der Waals surface area contributed by atoms with Gasteiger partial charge in [-0.1, -0.05) is 29.8 Å². The number of rotatable bonds is 4. The van der Waals surface area contributed by atoms with E-state index >= 15 is 0 Å². The van der Waals surface area contributed by atoms with Gasteiger partial charge in [0.15, 0.2) is 0 Å². The van der Waals surface area contributed by atoms with Crippen LogP contribution in [0.1, 0.15) is 37.8 Å². The van der Waals surface area contributed by atoms with E-state index in [1.807, 2.05) is 45.0 Å². The normalized spacial score (nSPS) is 23.2. The van der Waals surface area contributed by atoms with E-state index in [2.05, 4.69) is 0 Å². The topological polar surface area (TPSA) is 69.6 Å². The zero-order chi connectivity index (χ0) is 15.6. The largest absolute Gasteiger partial charge is 0.339 e. The molecule has 0 spiro atoms. The van der Waals surface area contributed by atoms with Gasteiger partial charge < -0.3 is 4.90 Å². The molecule has 1 aliphatic rings. The molecule has 114 valence electrons. The molecule has 2 N–H and O–H groups in total. The van der Waals surface area contributed by atoms with Gasteiger partial charge in [-0.2, -0.15) is 0 Å². The summed E-state index contributed by atoms with van der Waals surface area (Å²) in [4.78, 5) is 25.7. The van der Waals surface area contributed by atoms with Gasteiger partial charge in [-0.25, -0.2) is 5.48 Å². The van der Waals surface area contributed by atoms with Crippen LogP contribution >= 0.6 is 0 Å². The van der Waals surface area contributed by atoms with Crippen LogP contribution in [-0.4, -0.2) is 34.5 Å². The third kappa shape index (κ3) is 2.93. The molecule has 1 fully saturated rings. The zero-order valence-corrected chi connectivity index (χ0v) is 12.7. The second-order valence-electron chi connectivity index (χ2n) is 6.03. The Morgan fingerprint density at radius 3 is 2.62 bits per heavy atom. The number of nitrogens with one attached hydrogen (secondary N) is 1. The molecule has 2 rings (SSSR count). The summed E-state index contributed by atoms with van der Waals surface area (Å²) >= 11 is 0. The fourth-order valence-corrected chi connectivity index (χ4v) is 2.90. The number of nitrogens with zero attached hydrogens (tertiary/aromatic N) is 1. The Labute approximate surface area is 124 Å². The highest BCUT2D eigenvalue weighted by Crippen LogP contribution is 2.36. The Balaban J connectivity index is 2.16. The minimum atomic E-state index is -0.530. The van der Waals surface area contributed by atoms with Crippen molar-refractivity contribution in [2.45, 2.75) is 45.1 Å². The summed E-state index contributed by atoms with van der Waals surface area (Å²) in [7, 11) is 0. The smallest absolute Gasteiger partial charge is 0.245 e. The Bertz CT molecular complexity index is 541. The van der Waals surface area contributed by atoms with Gasteiger partial charge in [0.1, 0.15) is 0 Å². The number of carbonyl (C=O) groups is 2. The molecule has 1 aliphatic heterocycles. The fourth-order valence-electron chi connectivity index (χ4n) is 2.90. The summed E-state index contributed by atoms with van der Waals surface area (Å²) in [5.41, 5.74) is 3.26. The van der Waals surface area contributed by atoms with Crippen LogP contribution in [0.3, 0.4) is 0 Å². The molecular formula is C16H22N2O3. The molecule has 21 heavy (non-hydrogen) atoms. The van der Waals surface area contributed by atoms with Gasteiger partial charge >= 0.3 is 0 Å². The van der Waals surface area contributed by atoms with E-state index in [1.165, 1.54) is 0 Å². The Morgan fingerprint density at radius 1 is 1.43 bits per heavy atom. The molecule has 1 aromatic rings. The van der Waals surface area contributed by atoms with Crippen LogP contribution < -0.4 is 5.48 Å². The van der Waals surface area contributed by atoms with E-state index in [9.17, 15) is 9.59 Å². The van der Waals surface area contributed by atoms with Gasteiger partial charge in [0, 0.05) is 19.0 Å². The number of hydrogen-bond acceptors (Lipinski definition) is 3. The Kier molecular flexibility index (Phi) is 4.32. The number of amides is 2. The first-order valence-electron chi connectivity index (χ1n) is 7.19. The molecule has 1 unspecified atom stereocenters. The first-order valence-corrected chi connectivity index (χ1v) is 7.19. The van der Waals surface area contributed by atoms with E-state index in [0.717, 1.165) is 17.5 Å². The Hall–Kier alpha value is -1.88. The summed E-state index contributed by atoms with van der Waals surface area (Å²) in [6.07, 6.45) is 0.839. The molecule has 0 bridgehead atoms. The highest BCUT2D eigenvalue weighted by Gasteiger charge is 2.45. The van der Waals surface area contributed by atoms with Gasteiger partial charge in [-0.05, 0) is 32.8 Å². The zero-order valence-electron chi connectivity index (χ0n) is 12.7. The molecule has 2 atom stereocenters. The number of hydroxylamine groups is 1. The van der Waals surface area contributed by atoms with Gasteiger partial charge in [0.05, 0.1) is 5.41 Å². The van der Waals surface area contributed by atoms with Crippen molar-refractivity contribution in [2.24, 2.45) is 0 Å². The van der Waals surface area contributed by atoms with E-state index in [-0.39, 0.29) is 18.4 Å². The van der Waals surface area contributed by atoms with Crippen LogP contribution in [0.5, 0.6) is 0 Å². The van der Waals surface area contributed by atoms with Crippen molar-refractivity contribution in [2.75, 3.05) is 6.54 Å². The lowest BCUT2D eigenvalue weighted by atomic mass is 9.81. The van der Waals surface area contributed by atoms with Crippen molar-refractivity contribution in [3.05, 3.63) is 35.4 Å². The molecule has 0 saturated carbocycles. The van der Waals surface area contributed by atoms with Crippen molar-refractivity contribution < 1.29 is 14.8 Å². The Morgan fingerprint density at radius 2 is 2.05 bits per heavy atom. The minimum absolute atomic E-state index is 0.0459. The number of hydrogen-bond donors (Lipinski definition) is 2. The quantitative estimate of drug-likeness (QED) is 0.656. The minimum Gasteiger partial charge on any atom is -0.339 e. The van der Waals surface area contributed by atoms with Crippen molar-refractivity contribution in [1.82, 2.24) is 10.4 Å². The lowest BCUT2D eigenvalue weighted by Crippen LogP contribution is -2.42. The number of benzene rings is 1. The van der Waals surface area contributed by atoms with E-state index in [4.69, 9.17) is 5.21 Å². The van der Waals surface area contributed by atoms with Gasteiger partial charge in [0.2, 0.25) is 11.8 Å². The summed E-state index contributed by atoms with van der Waals surface area (Å²) in [6.45, 7) is 6.43. The lowest BCUT2D eigenvalue weighted by molar-refractivity contribution is -0.136. The maximum atomic E-state index is 12.8. The molecule has 0 aromatic heterocycles. The van der Waals surface area contributed by atoms with Crippen LogP contribution in [0.15, 0.2) is 24.3 Å². The summed E-state index contributed by atoms with van der Waals surface area (Å²) in [5.74, 6) is -0.427. The van der Waals surface area contributed by atoms with E-state index in [1.54, 1.807) is 10.4 Å². The molecule has 0 radical (unpaired) electrons. The molecule has 1 heterocycles. The van der Waals surface area contributed by atoms with Crippen LogP contribution in [0.2, 0.25) is 0 Å². The van der Waals surface area contributed by atoms with Crippen LogP contribution in [0.25, 0.3) is 0 Å². The number of aryl methyl sites for hydroxylation is 1. The molecular weight excluding hydrogens is 268 g/mol. The number of likely N-dealkylation sites (tertiary alicyclic amines) is 1. The predicted molar refractivity (Wildman–Crippen MR) is 78.9 cm³/mol. The van der Waals surface area contributed by atoms with Crippen LogP contribution in [-0.2, 0) is 15.0 Å². The third-order valence-corrected chi connectivity index (χ3v) is 4.41. The van der Waals surface area contributed by atoms with Crippen molar-refractivity contribution in [1.29, 1.82) is 0 Å². The molecule has 0 aliphatic carbocycles. The second-order valence-corrected chi connectivity index (χ2v) is 6.03.